The molecule has 0 unspecified atom stereocenters. The van der Waals surface area contributed by atoms with Crippen molar-refractivity contribution in [3.63, 3.8) is 0 Å². The summed E-state index contributed by atoms with van der Waals surface area (Å²) >= 11 is 0. The van der Waals surface area contributed by atoms with Crippen LogP contribution in [0.2, 0.25) is 0 Å². The van der Waals surface area contributed by atoms with Crippen molar-refractivity contribution in [1.29, 1.82) is 0 Å². The van der Waals surface area contributed by atoms with Crippen LogP contribution in [0.4, 0.5) is 11.4 Å². The fourth-order valence-corrected chi connectivity index (χ4v) is 4.20. The minimum absolute atomic E-state index is 0.140. The summed E-state index contributed by atoms with van der Waals surface area (Å²) in [5, 5.41) is 4.87. The fourth-order valence-electron chi connectivity index (χ4n) is 3.12. The van der Waals surface area contributed by atoms with Gasteiger partial charge in [-0.25, -0.2) is 8.42 Å². The summed E-state index contributed by atoms with van der Waals surface area (Å²) in [7, 11) is -0.893. The average Bonchev–Trinajstić information content (AvgIpc) is 2.75. The second-order valence-electron chi connectivity index (χ2n) is 6.81. The van der Waals surface area contributed by atoms with E-state index in [2.05, 4.69) is 10.0 Å². The molecule has 0 aliphatic rings. The Morgan fingerprint density at radius 3 is 2.13 bits per heavy atom. The van der Waals surface area contributed by atoms with Crippen LogP contribution in [0.15, 0.2) is 65.6 Å². The minimum atomic E-state index is -3.77. The van der Waals surface area contributed by atoms with E-state index in [4.69, 9.17) is 9.47 Å². The molecule has 0 radical (unpaired) electrons. The van der Waals surface area contributed by atoms with Gasteiger partial charge in [0.2, 0.25) is 0 Å². The normalized spacial score (nSPS) is 12.2. The Balaban J connectivity index is 1.91. The second kappa shape index (κ2) is 9.04. The quantitative estimate of drug-likeness (QED) is 0.527. The van der Waals surface area contributed by atoms with Crippen LogP contribution in [0.25, 0.3) is 10.8 Å². The lowest BCUT2D eigenvalue weighted by molar-refractivity contribution is -0.140. The Morgan fingerprint density at radius 2 is 1.53 bits per heavy atom. The van der Waals surface area contributed by atoms with Crippen molar-refractivity contribution in [3.05, 3.63) is 60.7 Å². The highest BCUT2D eigenvalue weighted by Gasteiger charge is 2.17. The van der Waals surface area contributed by atoms with Gasteiger partial charge in [0.05, 0.1) is 31.2 Å². The molecule has 1 atom stereocenters. The summed E-state index contributed by atoms with van der Waals surface area (Å²) in [6, 6.07) is 17.0. The molecule has 0 bridgehead atoms. The number of esters is 1. The smallest absolute Gasteiger partial charge is 0.307 e. The number of hydrogen-bond donors (Lipinski definition) is 2. The van der Waals surface area contributed by atoms with Crippen LogP contribution in [-0.2, 0) is 19.6 Å². The van der Waals surface area contributed by atoms with Crippen molar-refractivity contribution in [2.45, 2.75) is 24.3 Å². The largest absolute Gasteiger partial charge is 0.497 e. The van der Waals surface area contributed by atoms with Gasteiger partial charge >= 0.3 is 5.97 Å². The van der Waals surface area contributed by atoms with E-state index in [1.807, 2.05) is 31.2 Å². The topological polar surface area (TPSA) is 93.7 Å². The SMILES string of the molecule is COC(=O)C[C@H](C)Nc1ccc(NS(=O)(=O)c2ccc(OC)cc2)c2ccccc12. The number of anilines is 2. The van der Waals surface area contributed by atoms with Gasteiger partial charge in [-0.2, -0.15) is 0 Å². The van der Waals surface area contributed by atoms with Gasteiger partial charge in [-0.3, -0.25) is 9.52 Å². The van der Waals surface area contributed by atoms with E-state index in [0.717, 1.165) is 16.5 Å². The van der Waals surface area contributed by atoms with Crippen molar-refractivity contribution in [3.8, 4) is 5.75 Å². The fraction of sp³-hybridized carbons (Fsp3) is 0.227. The summed E-state index contributed by atoms with van der Waals surface area (Å²) < 4.78 is 38.1. The Kier molecular flexibility index (Phi) is 6.47. The molecular formula is C22H24N2O5S. The van der Waals surface area contributed by atoms with Gasteiger partial charge in [-0.15, -0.1) is 0 Å². The van der Waals surface area contributed by atoms with E-state index in [9.17, 15) is 13.2 Å². The van der Waals surface area contributed by atoms with E-state index in [-0.39, 0.29) is 23.3 Å². The molecule has 0 saturated carbocycles. The number of carbonyl (C=O) groups is 1. The standard InChI is InChI=1S/C22H24N2O5S/c1-15(14-22(25)29-3)23-20-12-13-21(19-7-5-4-6-18(19)20)24-30(26,27)17-10-8-16(28-2)9-11-17/h4-13,15,23-24H,14H2,1-3H3/t15-/m0/s1. The Bertz CT molecular complexity index is 1140. The first kappa shape index (κ1) is 21.4. The maximum absolute atomic E-state index is 12.8. The monoisotopic (exact) mass is 428 g/mol. The number of ether oxygens (including phenoxy) is 2. The lowest BCUT2D eigenvalue weighted by Crippen LogP contribution is -2.20. The van der Waals surface area contributed by atoms with Gasteiger partial charge in [-0.05, 0) is 43.3 Å². The van der Waals surface area contributed by atoms with Crippen molar-refractivity contribution in [2.75, 3.05) is 24.3 Å². The van der Waals surface area contributed by atoms with Crippen LogP contribution < -0.4 is 14.8 Å². The lowest BCUT2D eigenvalue weighted by atomic mass is 10.1. The van der Waals surface area contributed by atoms with E-state index < -0.39 is 10.0 Å². The Labute approximate surface area is 176 Å². The van der Waals surface area contributed by atoms with Gasteiger partial charge < -0.3 is 14.8 Å². The second-order valence-corrected chi connectivity index (χ2v) is 8.50. The summed E-state index contributed by atoms with van der Waals surface area (Å²) in [4.78, 5) is 11.7. The zero-order valence-electron chi connectivity index (χ0n) is 17.0. The van der Waals surface area contributed by atoms with Crippen molar-refractivity contribution in [1.82, 2.24) is 0 Å². The molecule has 0 aliphatic carbocycles. The number of methoxy groups -OCH3 is 2. The van der Waals surface area contributed by atoms with Crippen LogP contribution >= 0.6 is 0 Å². The maximum atomic E-state index is 12.8. The number of benzene rings is 3. The van der Waals surface area contributed by atoms with E-state index in [1.54, 1.807) is 24.3 Å². The number of fused-ring (bicyclic) bond motifs is 1. The highest BCUT2D eigenvalue weighted by molar-refractivity contribution is 7.92. The van der Waals surface area contributed by atoms with Gasteiger partial charge in [0.15, 0.2) is 0 Å². The third kappa shape index (κ3) is 4.83. The minimum Gasteiger partial charge on any atom is -0.497 e. The lowest BCUT2D eigenvalue weighted by Gasteiger charge is -2.18. The molecule has 0 saturated heterocycles. The summed E-state index contributed by atoms with van der Waals surface area (Å²) in [5.74, 6) is 0.277. The zero-order valence-corrected chi connectivity index (χ0v) is 17.8. The molecule has 3 aromatic rings. The van der Waals surface area contributed by atoms with Crippen molar-refractivity contribution < 1.29 is 22.7 Å². The van der Waals surface area contributed by atoms with Crippen molar-refractivity contribution in [2.24, 2.45) is 0 Å². The predicted molar refractivity (Wildman–Crippen MR) is 117 cm³/mol. The van der Waals surface area contributed by atoms with Crippen LogP contribution in [0, 0.1) is 0 Å². The van der Waals surface area contributed by atoms with Gasteiger partial charge in [0.25, 0.3) is 10.0 Å². The summed E-state index contributed by atoms with van der Waals surface area (Å²) in [6.07, 6.45) is 0.219. The Hall–Kier alpha value is -3.26. The van der Waals surface area contributed by atoms with Crippen LogP contribution in [0.3, 0.4) is 0 Å². The zero-order chi connectivity index (χ0) is 21.7. The first-order valence-corrected chi connectivity index (χ1v) is 10.8. The first-order valence-electron chi connectivity index (χ1n) is 9.36. The molecule has 3 rings (SSSR count). The van der Waals surface area contributed by atoms with Gasteiger partial charge in [0, 0.05) is 22.5 Å². The van der Waals surface area contributed by atoms with Crippen LogP contribution in [0.5, 0.6) is 5.75 Å². The molecular weight excluding hydrogens is 404 g/mol. The average molecular weight is 429 g/mol. The number of nitrogens with one attached hydrogen (secondary N) is 2. The van der Waals surface area contributed by atoms with E-state index in [1.165, 1.54) is 26.4 Å². The highest BCUT2D eigenvalue weighted by atomic mass is 32.2. The summed E-state index contributed by atoms with van der Waals surface area (Å²) in [5.41, 5.74) is 1.27. The number of hydrogen-bond acceptors (Lipinski definition) is 6. The molecule has 7 nitrogen and oxygen atoms in total. The molecule has 0 spiro atoms. The number of rotatable bonds is 8. The first-order chi connectivity index (χ1) is 14.3. The molecule has 30 heavy (non-hydrogen) atoms. The Morgan fingerprint density at radius 1 is 0.933 bits per heavy atom. The molecule has 158 valence electrons. The highest BCUT2D eigenvalue weighted by Crippen LogP contribution is 2.32. The molecule has 0 heterocycles. The van der Waals surface area contributed by atoms with Crippen LogP contribution in [-0.4, -0.2) is 34.6 Å². The molecule has 0 aliphatic heterocycles. The van der Waals surface area contributed by atoms with Gasteiger partial charge in [-0.1, -0.05) is 24.3 Å². The third-order valence-corrected chi connectivity index (χ3v) is 6.02. The summed E-state index contributed by atoms with van der Waals surface area (Å²) in [6.45, 7) is 1.88. The van der Waals surface area contributed by atoms with E-state index in [0.29, 0.717) is 11.4 Å². The molecule has 3 aromatic carbocycles. The number of sulfonamides is 1. The van der Waals surface area contributed by atoms with Gasteiger partial charge in [0.1, 0.15) is 5.75 Å². The molecule has 2 N–H and O–H groups in total. The van der Waals surface area contributed by atoms with Crippen molar-refractivity contribution >= 4 is 38.1 Å². The molecule has 8 heteroatoms. The predicted octanol–water partition coefficient (Wildman–Crippen LogP) is 4.01. The maximum Gasteiger partial charge on any atom is 0.307 e. The molecule has 0 amide bonds. The van der Waals surface area contributed by atoms with E-state index >= 15 is 0 Å². The number of carbonyl (C=O) groups excluding carboxylic acids is 1. The third-order valence-electron chi connectivity index (χ3n) is 4.64. The molecule has 0 aromatic heterocycles. The molecule has 0 fully saturated rings. The van der Waals surface area contributed by atoms with Crippen LogP contribution in [0.1, 0.15) is 13.3 Å².